The molecule has 4 nitrogen and oxygen atoms in total. The van der Waals surface area contributed by atoms with Gasteiger partial charge in [-0.3, -0.25) is 0 Å². The third kappa shape index (κ3) is 2.55. The van der Waals surface area contributed by atoms with E-state index in [9.17, 15) is 9.59 Å². The fraction of sp³-hybridized carbons (Fsp3) is 0. The van der Waals surface area contributed by atoms with Gasteiger partial charge in [0.25, 0.3) is 0 Å². The maximum absolute atomic E-state index is 11.0. The van der Waals surface area contributed by atoms with Crippen molar-refractivity contribution in [3.05, 3.63) is 35.4 Å². The van der Waals surface area contributed by atoms with E-state index in [2.05, 4.69) is 40.2 Å². The minimum atomic E-state index is -0.575. The molecule has 0 spiro atoms. The van der Waals surface area contributed by atoms with Crippen molar-refractivity contribution in [3.8, 4) is 0 Å². The highest BCUT2D eigenvalue weighted by molar-refractivity contribution is 9.06. The first kappa shape index (κ1) is 11.2. The third-order valence-corrected chi connectivity index (χ3v) is 2.06. The van der Waals surface area contributed by atoms with Crippen LogP contribution in [0.4, 0.5) is 0 Å². The van der Waals surface area contributed by atoms with Gasteiger partial charge in [-0.2, -0.15) is 0 Å². The summed E-state index contributed by atoms with van der Waals surface area (Å²) in [6.45, 7) is 0. The Morgan fingerprint density at radius 2 is 1.43 bits per heavy atom. The monoisotopic (exact) mass is 322 g/mol. The van der Waals surface area contributed by atoms with Gasteiger partial charge in [-0.25, -0.2) is 9.59 Å². The molecule has 0 unspecified atom stereocenters. The molecule has 1 aromatic rings. The molecule has 0 aliphatic heterocycles. The predicted octanol–water partition coefficient (Wildman–Crippen LogP) is 2.62. The first-order valence-electron chi connectivity index (χ1n) is 3.45. The summed E-state index contributed by atoms with van der Waals surface area (Å²) in [5.41, 5.74) is 0.523. The Balaban J connectivity index is 3.01. The molecule has 0 bridgehead atoms. The smallest absolute Gasteiger partial charge is 0.349 e. The largest absolute Gasteiger partial charge is 0.380 e. The van der Waals surface area contributed by atoms with Gasteiger partial charge in [0, 0.05) is 0 Å². The zero-order chi connectivity index (χ0) is 10.6. The molecule has 0 atom stereocenters. The van der Waals surface area contributed by atoms with Crippen molar-refractivity contribution in [1.29, 1.82) is 0 Å². The third-order valence-electron chi connectivity index (χ3n) is 1.47. The van der Waals surface area contributed by atoms with Crippen LogP contribution in [-0.4, -0.2) is 11.9 Å². The molecule has 0 N–H and O–H groups in total. The predicted molar refractivity (Wildman–Crippen MR) is 55.1 cm³/mol. The SMILES string of the molecule is O=C(OBr)c1cccc(C(=O)OBr)c1. The van der Waals surface area contributed by atoms with Crippen LogP contribution >= 0.6 is 32.5 Å². The van der Waals surface area contributed by atoms with Crippen LogP contribution in [0.15, 0.2) is 24.3 Å². The van der Waals surface area contributed by atoms with Gasteiger partial charge in [0.2, 0.25) is 0 Å². The van der Waals surface area contributed by atoms with Crippen molar-refractivity contribution in [2.24, 2.45) is 0 Å². The fourth-order valence-electron chi connectivity index (χ4n) is 0.862. The molecular weight excluding hydrogens is 320 g/mol. The summed E-state index contributed by atoms with van der Waals surface area (Å²) in [6.07, 6.45) is 0. The van der Waals surface area contributed by atoms with Gasteiger partial charge in [0.15, 0.2) is 32.5 Å². The van der Waals surface area contributed by atoms with Crippen molar-refractivity contribution in [2.75, 3.05) is 0 Å². The van der Waals surface area contributed by atoms with Gasteiger partial charge >= 0.3 is 11.9 Å². The Morgan fingerprint density at radius 1 is 1.00 bits per heavy atom. The molecule has 0 heterocycles. The number of hydrogen-bond acceptors (Lipinski definition) is 4. The molecule has 0 fully saturated rings. The van der Waals surface area contributed by atoms with Crippen LogP contribution in [0.25, 0.3) is 0 Å². The maximum Gasteiger partial charge on any atom is 0.349 e. The van der Waals surface area contributed by atoms with Crippen LogP contribution in [0.3, 0.4) is 0 Å². The van der Waals surface area contributed by atoms with Gasteiger partial charge in [-0.15, -0.1) is 0 Å². The van der Waals surface area contributed by atoms with Crippen molar-refractivity contribution in [3.63, 3.8) is 0 Å². The van der Waals surface area contributed by atoms with E-state index in [4.69, 9.17) is 0 Å². The Labute approximate surface area is 97.1 Å². The Kier molecular flexibility index (Phi) is 4.09. The van der Waals surface area contributed by atoms with E-state index in [1.165, 1.54) is 18.2 Å². The van der Waals surface area contributed by atoms with Gasteiger partial charge < -0.3 is 7.66 Å². The summed E-state index contributed by atoms with van der Waals surface area (Å²) in [4.78, 5) is 22.1. The first-order valence-corrected chi connectivity index (χ1v) is 4.74. The molecule has 0 saturated carbocycles. The first-order chi connectivity index (χ1) is 6.69. The van der Waals surface area contributed by atoms with Gasteiger partial charge in [0.1, 0.15) is 0 Å². The number of hydrogen-bond donors (Lipinski definition) is 0. The molecule has 1 aromatic carbocycles. The zero-order valence-corrected chi connectivity index (χ0v) is 9.87. The van der Waals surface area contributed by atoms with Crippen molar-refractivity contribution < 1.29 is 17.2 Å². The van der Waals surface area contributed by atoms with Gasteiger partial charge in [-0.1, -0.05) is 6.07 Å². The van der Waals surface area contributed by atoms with Crippen LogP contribution in [0, 0.1) is 0 Å². The fourth-order valence-corrected chi connectivity index (χ4v) is 1.24. The lowest BCUT2D eigenvalue weighted by atomic mass is 10.1. The number of rotatable bonds is 2. The second kappa shape index (κ2) is 5.11. The second-order valence-electron chi connectivity index (χ2n) is 2.31. The number of carbonyl (C=O) groups is 2. The standard InChI is InChI=1S/C8H4Br2O4/c9-13-7(11)5-2-1-3-6(4-5)8(12)14-10/h1-4H. The van der Waals surface area contributed by atoms with Crippen LogP contribution in [0.5, 0.6) is 0 Å². The van der Waals surface area contributed by atoms with E-state index in [1.807, 2.05) is 0 Å². The molecule has 14 heavy (non-hydrogen) atoms. The van der Waals surface area contributed by atoms with E-state index in [0.29, 0.717) is 0 Å². The summed E-state index contributed by atoms with van der Waals surface area (Å²) < 4.78 is 8.63. The van der Waals surface area contributed by atoms with Crippen molar-refractivity contribution >= 4 is 44.5 Å². The molecule has 0 aliphatic carbocycles. The summed E-state index contributed by atoms with van der Waals surface area (Å²) >= 11 is 5.11. The molecule has 0 amide bonds. The second-order valence-corrected chi connectivity index (χ2v) is 2.96. The van der Waals surface area contributed by atoms with Crippen LogP contribution in [0.2, 0.25) is 0 Å². The summed E-state index contributed by atoms with van der Waals surface area (Å²) in [5, 5.41) is 0. The molecule has 0 aliphatic rings. The minimum absolute atomic E-state index is 0.261. The van der Waals surface area contributed by atoms with E-state index >= 15 is 0 Å². The van der Waals surface area contributed by atoms with E-state index in [-0.39, 0.29) is 11.1 Å². The molecular formula is C8H4Br2O4. The highest BCUT2D eigenvalue weighted by Crippen LogP contribution is 2.10. The van der Waals surface area contributed by atoms with Crippen molar-refractivity contribution in [2.45, 2.75) is 0 Å². The molecule has 1 rings (SSSR count). The molecule has 74 valence electrons. The average Bonchev–Trinajstić information content (AvgIpc) is 2.27. The lowest BCUT2D eigenvalue weighted by Gasteiger charge is -1.99. The molecule has 6 heteroatoms. The Hall–Kier alpha value is -0.880. The maximum atomic E-state index is 11.0. The van der Waals surface area contributed by atoms with Crippen LogP contribution in [0.1, 0.15) is 20.7 Å². The molecule has 0 aromatic heterocycles. The highest BCUT2D eigenvalue weighted by atomic mass is 79.9. The van der Waals surface area contributed by atoms with Gasteiger partial charge in [-0.05, 0) is 18.2 Å². The summed E-state index contributed by atoms with van der Waals surface area (Å²) in [5.74, 6) is -1.15. The van der Waals surface area contributed by atoms with Crippen molar-refractivity contribution in [1.82, 2.24) is 0 Å². The quantitative estimate of drug-likeness (QED) is 0.839. The lowest BCUT2D eigenvalue weighted by molar-refractivity contribution is 0.0781. The number of carbonyl (C=O) groups excluding carboxylic acids is 2. The average molecular weight is 324 g/mol. The zero-order valence-electron chi connectivity index (χ0n) is 6.70. The van der Waals surface area contributed by atoms with Crippen LogP contribution in [-0.2, 0) is 7.66 Å². The van der Waals surface area contributed by atoms with E-state index < -0.39 is 11.9 Å². The lowest BCUT2D eigenvalue weighted by Crippen LogP contribution is -2.02. The van der Waals surface area contributed by atoms with Crippen LogP contribution < -0.4 is 0 Å². The van der Waals surface area contributed by atoms with E-state index in [0.717, 1.165) is 0 Å². The Morgan fingerprint density at radius 3 is 1.79 bits per heavy atom. The molecule has 0 saturated heterocycles. The summed E-state index contributed by atoms with van der Waals surface area (Å²) in [7, 11) is 0. The minimum Gasteiger partial charge on any atom is -0.380 e. The number of halogens is 2. The van der Waals surface area contributed by atoms with E-state index in [1.54, 1.807) is 6.07 Å². The summed E-state index contributed by atoms with van der Waals surface area (Å²) in [6, 6.07) is 5.97. The highest BCUT2D eigenvalue weighted by Gasteiger charge is 2.11. The van der Waals surface area contributed by atoms with Gasteiger partial charge in [0.05, 0.1) is 11.1 Å². The number of benzene rings is 1. The molecule has 0 radical (unpaired) electrons. The Bertz CT molecular complexity index is 333. The topological polar surface area (TPSA) is 52.6 Å². The normalized spacial score (nSPS) is 9.29.